The molecule has 2 rings (SSSR count). The predicted octanol–water partition coefficient (Wildman–Crippen LogP) is 3.37. The van der Waals surface area contributed by atoms with Gasteiger partial charge in [-0.05, 0) is 12.1 Å². The molecule has 1 aromatic heterocycles. The van der Waals surface area contributed by atoms with Gasteiger partial charge in [-0.1, -0.05) is 12.1 Å². The van der Waals surface area contributed by atoms with E-state index in [0.29, 0.717) is 5.39 Å². The minimum atomic E-state index is -2.47. The first-order valence-corrected chi connectivity index (χ1v) is 3.53. The first-order valence-electron chi connectivity index (χ1n) is 3.53. The van der Waals surface area contributed by atoms with Crippen molar-refractivity contribution in [2.24, 2.45) is 0 Å². The minimum absolute atomic E-state index is 0.0440. The van der Waals surface area contributed by atoms with Crippen LogP contribution in [-0.2, 0) is 0 Å². The maximum Gasteiger partial charge on any atom is 0.267 e. The Labute approximate surface area is 67.6 Å². The SMILES string of the molecule is FC(F)c1cccc2ccoc12. The predicted molar refractivity (Wildman–Crippen MR) is 41.2 cm³/mol. The number of benzene rings is 1. The average molecular weight is 168 g/mol. The molecule has 2 aromatic rings. The van der Waals surface area contributed by atoms with Crippen LogP contribution in [0.5, 0.6) is 0 Å². The molecule has 0 saturated carbocycles. The molecule has 0 unspecified atom stereocenters. The number of rotatable bonds is 1. The Bertz CT molecular complexity index is 392. The molecule has 0 radical (unpaired) electrons. The highest BCUT2D eigenvalue weighted by Gasteiger charge is 2.12. The normalized spacial score (nSPS) is 11.2. The molecular weight excluding hydrogens is 162 g/mol. The summed E-state index contributed by atoms with van der Waals surface area (Å²) in [6, 6.07) is 6.38. The number of alkyl halides is 2. The van der Waals surface area contributed by atoms with Crippen LogP contribution in [0.25, 0.3) is 11.0 Å². The van der Waals surface area contributed by atoms with E-state index in [1.54, 1.807) is 18.2 Å². The summed E-state index contributed by atoms with van der Waals surface area (Å²) < 4.78 is 29.6. The van der Waals surface area contributed by atoms with Gasteiger partial charge < -0.3 is 4.42 Å². The Morgan fingerprint density at radius 1 is 1.17 bits per heavy atom. The van der Waals surface area contributed by atoms with Crippen LogP contribution in [0, 0.1) is 0 Å². The molecule has 0 amide bonds. The van der Waals surface area contributed by atoms with Crippen molar-refractivity contribution in [3.63, 3.8) is 0 Å². The molecule has 0 N–H and O–H groups in total. The summed E-state index contributed by atoms with van der Waals surface area (Å²) in [4.78, 5) is 0. The second kappa shape index (κ2) is 2.59. The van der Waals surface area contributed by atoms with Crippen LogP contribution in [-0.4, -0.2) is 0 Å². The summed E-state index contributed by atoms with van der Waals surface area (Å²) in [5, 5.41) is 0.716. The van der Waals surface area contributed by atoms with Gasteiger partial charge in [0.25, 0.3) is 6.43 Å². The lowest BCUT2D eigenvalue weighted by Crippen LogP contribution is -1.82. The highest BCUT2D eigenvalue weighted by atomic mass is 19.3. The summed E-state index contributed by atoms with van der Waals surface area (Å²) in [7, 11) is 0. The van der Waals surface area contributed by atoms with E-state index in [0.717, 1.165) is 0 Å². The maximum atomic E-state index is 12.3. The molecule has 12 heavy (non-hydrogen) atoms. The zero-order chi connectivity index (χ0) is 8.55. The molecule has 1 nitrogen and oxygen atoms in total. The largest absolute Gasteiger partial charge is 0.464 e. The van der Waals surface area contributed by atoms with Gasteiger partial charge in [-0.3, -0.25) is 0 Å². The zero-order valence-electron chi connectivity index (χ0n) is 6.13. The molecule has 0 aliphatic carbocycles. The van der Waals surface area contributed by atoms with E-state index in [2.05, 4.69) is 0 Å². The number of furan rings is 1. The summed E-state index contributed by atoms with van der Waals surface area (Å²) >= 11 is 0. The van der Waals surface area contributed by atoms with Crippen molar-refractivity contribution in [1.29, 1.82) is 0 Å². The summed E-state index contributed by atoms with van der Waals surface area (Å²) in [6.45, 7) is 0. The first-order chi connectivity index (χ1) is 5.79. The molecule has 0 saturated heterocycles. The Morgan fingerprint density at radius 3 is 2.75 bits per heavy atom. The van der Waals surface area contributed by atoms with Gasteiger partial charge in [0.2, 0.25) is 0 Å². The van der Waals surface area contributed by atoms with Gasteiger partial charge in [-0.2, -0.15) is 0 Å². The van der Waals surface area contributed by atoms with Crippen molar-refractivity contribution in [3.8, 4) is 0 Å². The first kappa shape index (κ1) is 7.28. The molecule has 0 fully saturated rings. The minimum Gasteiger partial charge on any atom is -0.464 e. The van der Waals surface area contributed by atoms with E-state index in [9.17, 15) is 8.78 Å². The van der Waals surface area contributed by atoms with E-state index in [1.165, 1.54) is 12.3 Å². The molecule has 3 heteroatoms. The van der Waals surface area contributed by atoms with Crippen LogP contribution in [0.4, 0.5) is 8.78 Å². The number of hydrogen-bond acceptors (Lipinski definition) is 1. The second-order valence-corrected chi connectivity index (χ2v) is 2.49. The van der Waals surface area contributed by atoms with Gasteiger partial charge >= 0.3 is 0 Å². The Hall–Kier alpha value is -1.38. The van der Waals surface area contributed by atoms with Crippen LogP contribution in [0.2, 0.25) is 0 Å². The third-order valence-corrected chi connectivity index (χ3v) is 1.74. The summed E-state index contributed by atoms with van der Waals surface area (Å²) in [6.07, 6.45) is -1.06. The Kier molecular flexibility index (Phi) is 1.57. The van der Waals surface area contributed by atoms with Crippen molar-refractivity contribution in [3.05, 3.63) is 36.1 Å². The van der Waals surface area contributed by atoms with Gasteiger partial charge in [0.15, 0.2) is 0 Å². The highest BCUT2D eigenvalue weighted by Crippen LogP contribution is 2.27. The molecule has 0 aliphatic heterocycles. The number of fused-ring (bicyclic) bond motifs is 1. The fourth-order valence-electron chi connectivity index (χ4n) is 1.19. The van der Waals surface area contributed by atoms with Crippen LogP contribution >= 0.6 is 0 Å². The van der Waals surface area contributed by atoms with Gasteiger partial charge in [-0.25, -0.2) is 8.78 Å². The average Bonchev–Trinajstić information content (AvgIpc) is 2.49. The third kappa shape index (κ3) is 0.978. The lowest BCUT2D eigenvalue weighted by Gasteiger charge is -1.98. The van der Waals surface area contributed by atoms with E-state index in [1.807, 2.05) is 0 Å². The lowest BCUT2D eigenvalue weighted by atomic mass is 10.2. The van der Waals surface area contributed by atoms with Crippen LogP contribution in [0.1, 0.15) is 12.0 Å². The van der Waals surface area contributed by atoms with Crippen molar-refractivity contribution in [2.75, 3.05) is 0 Å². The lowest BCUT2D eigenvalue weighted by molar-refractivity contribution is 0.152. The van der Waals surface area contributed by atoms with Gasteiger partial charge in [0.1, 0.15) is 5.58 Å². The van der Waals surface area contributed by atoms with Crippen molar-refractivity contribution >= 4 is 11.0 Å². The Balaban J connectivity index is 2.73. The van der Waals surface area contributed by atoms with Gasteiger partial charge in [0.05, 0.1) is 11.8 Å². The van der Waals surface area contributed by atoms with E-state index < -0.39 is 6.43 Å². The number of halogens is 2. The van der Waals surface area contributed by atoms with Gasteiger partial charge in [0, 0.05) is 5.39 Å². The van der Waals surface area contributed by atoms with Gasteiger partial charge in [-0.15, -0.1) is 0 Å². The molecule has 0 aliphatic rings. The molecule has 0 spiro atoms. The van der Waals surface area contributed by atoms with Crippen molar-refractivity contribution in [1.82, 2.24) is 0 Å². The van der Waals surface area contributed by atoms with E-state index in [4.69, 9.17) is 4.42 Å². The molecule has 0 atom stereocenters. The molecular formula is C9H6F2O. The summed E-state index contributed by atoms with van der Waals surface area (Å²) in [5.74, 6) is 0. The molecule has 1 aromatic carbocycles. The smallest absolute Gasteiger partial charge is 0.267 e. The fraction of sp³-hybridized carbons (Fsp3) is 0.111. The van der Waals surface area contributed by atoms with Crippen LogP contribution in [0.3, 0.4) is 0 Å². The Morgan fingerprint density at radius 2 is 2.00 bits per heavy atom. The van der Waals surface area contributed by atoms with Crippen LogP contribution < -0.4 is 0 Å². The molecule has 0 bridgehead atoms. The van der Waals surface area contributed by atoms with E-state index in [-0.39, 0.29) is 11.1 Å². The maximum absolute atomic E-state index is 12.3. The number of para-hydroxylation sites is 1. The zero-order valence-corrected chi connectivity index (χ0v) is 6.13. The standard InChI is InChI=1S/C9H6F2O/c10-9(11)7-3-1-2-6-4-5-12-8(6)7/h1-5,9H. The fourth-order valence-corrected chi connectivity index (χ4v) is 1.19. The van der Waals surface area contributed by atoms with Crippen molar-refractivity contribution < 1.29 is 13.2 Å². The third-order valence-electron chi connectivity index (χ3n) is 1.74. The topological polar surface area (TPSA) is 13.1 Å². The monoisotopic (exact) mass is 168 g/mol. The second-order valence-electron chi connectivity index (χ2n) is 2.49. The molecule has 1 heterocycles. The summed E-state index contributed by atoms with van der Waals surface area (Å²) in [5.41, 5.74) is 0.241. The number of hydrogen-bond donors (Lipinski definition) is 0. The highest BCUT2D eigenvalue weighted by molar-refractivity contribution is 5.80. The van der Waals surface area contributed by atoms with E-state index >= 15 is 0 Å². The van der Waals surface area contributed by atoms with Crippen LogP contribution in [0.15, 0.2) is 34.9 Å². The quantitative estimate of drug-likeness (QED) is 0.636. The molecule has 62 valence electrons. The van der Waals surface area contributed by atoms with Crippen molar-refractivity contribution in [2.45, 2.75) is 6.43 Å².